The van der Waals surface area contributed by atoms with Gasteiger partial charge in [-0.1, -0.05) is 47.1 Å². The lowest BCUT2D eigenvalue weighted by Crippen LogP contribution is -1.83. The lowest BCUT2D eigenvalue weighted by atomic mass is 10.1. The third-order valence-corrected chi connectivity index (χ3v) is 25.0. The van der Waals surface area contributed by atoms with Crippen LogP contribution >= 0.6 is 28.9 Å². The van der Waals surface area contributed by atoms with Crippen molar-refractivity contribution in [1.82, 2.24) is 34.9 Å². The number of nitrogens with zero attached hydrogens (tertiary/aromatic N) is 7. The zero-order valence-electron chi connectivity index (χ0n) is 27.2. The van der Waals surface area contributed by atoms with Gasteiger partial charge in [-0.25, -0.2) is 0 Å². The highest BCUT2D eigenvalue weighted by atomic mass is 32.0. The van der Waals surface area contributed by atoms with Gasteiger partial charge in [0.1, 0.15) is 33.1 Å². The van der Waals surface area contributed by atoms with Gasteiger partial charge in [0, 0.05) is 101 Å². The number of hydrogen-bond acceptors (Lipinski definition) is 7. The van der Waals surface area contributed by atoms with Gasteiger partial charge < -0.3 is 0 Å². The van der Waals surface area contributed by atoms with Gasteiger partial charge in [0.05, 0.1) is 5.52 Å². The van der Waals surface area contributed by atoms with Crippen LogP contribution in [0, 0.1) is 0 Å². The fourth-order valence-electron chi connectivity index (χ4n) is 7.93. The molecule has 11 aromatic heterocycles. The summed E-state index contributed by atoms with van der Waals surface area (Å²) in [5.74, 6) is 0. The van der Waals surface area contributed by atoms with E-state index in [1.165, 1.54) is 46.3 Å². The summed E-state index contributed by atoms with van der Waals surface area (Å²) in [6, 6.07) is 35.3. The van der Waals surface area contributed by atoms with Crippen molar-refractivity contribution in [2.45, 2.75) is 0 Å². The van der Waals surface area contributed by atoms with Crippen LogP contribution < -0.4 is 0 Å². The predicted octanol–water partition coefficient (Wildman–Crippen LogP) is 12.9. The molecule has 0 bridgehead atoms. The van der Waals surface area contributed by atoms with E-state index in [-0.39, 0.29) is 0 Å². The van der Waals surface area contributed by atoms with Crippen molar-refractivity contribution in [2.75, 3.05) is 0 Å². The first-order chi connectivity index (χ1) is 25.8. The molecule has 0 saturated heterocycles. The Hall–Kier alpha value is -5.53. The zero-order valence-corrected chi connectivity index (χ0v) is 30.8. The van der Waals surface area contributed by atoms with E-state index in [1.807, 2.05) is 43.4 Å². The highest BCUT2D eigenvalue weighted by Gasteiger charge is 2.24. The number of rotatable bonds is 3. The van der Waals surface area contributed by atoms with Crippen molar-refractivity contribution in [3.63, 3.8) is 0 Å². The van der Waals surface area contributed by atoms with Crippen LogP contribution in [0.4, 0.5) is 0 Å². The molecule has 12 rings (SSSR count). The first-order valence-electron chi connectivity index (χ1n) is 16.9. The van der Waals surface area contributed by atoms with Crippen LogP contribution in [0.5, 0.6) is 0 Å². The molecule has 0 fully saturated rings. The lowest BCUT2D eigenvalue weighted by Gasteiger charge is -2.08. The maximum absolute atomic E-state index is 5.25. The molecular formula is C41H23N7P4. The summed E-state index contributed by atoms with van der Waals surface area (Å²) in [4.78, 5) is 34.7. The van der Waals surface area contributed by atoms with E-state index in [9.17, 15) is 0 Å². The first kappa shape index (κ1) is 29.1. The molecule has 7 nitrogen and oxygen atoms in total. The second-order valence-corrected chi connectivity index (χ2v) is 24.0. The highest BCUT2D eigenvalue weighted by molar-refractivity contribution is 8.30. The van der Waals surface area contributed by atoms with E-state index in [0.717, 1.165) is 49.7 Å². The SMILES string of the molecule is c1ccc2c(c1)c1ncc(-c3cnc4c5ncccc5p(-p5c6cccnc6c6ncccc65)c4c3)cc1p2-p1c2cccnc2c2ncccc21. The minimum absolute atomic E-state index is 0.761. The monoisotopic (exact) mass is 737 g/mol. The molecule has 0 radical (unpaired) electrons. The summed E-state index contributed by atoms with van der Waals surface area (Å²) in [6.45, 7) is 0. The number of fused-ring (bicyclic) bond motifs is 12. The molecule has 12 aromatic rings. The molecule has 0 saturated carbocycles. The van der Waals surface area contributed by atoms with E-state index in [4.69, 9.17) is 34.9 Å². The van der Waals surface area contributed by atoms with Gasteiger partial charge in [0.15, 0.2) is 0 Å². The van der Waals surface area contributed by atoms with Gasteiger partial charge in [-0.3, -0.25) is 34.9 Å². The number of pyridine rings is 7. The van der Waals surface area contributed by atoms with Gasteiger partial charge in [-0.2, -0.15) is 0 Å². The largest absolute Gasteiger partial charge is 0.255 e. The summed E-state index contributed by atoms with van der Waals surface area (Å²) in [5.41, 5.74) is 9.30. The second-order valence-electron chi connectivity index (χ2n) is 12.8. The Labute approximate surface area is 299 Å². The van der Waals surface area contributed by atoms with Crippen molar-refractivity contribution in [2.24, 2.45) is 0 Å². The fourth-order valence-corrected chi connectivity index (χ4v) is 24.6. The molecule has 11 heterocycles. The van der Waals surface area contributed by atoms with E-state index in [2.05, 4.69) is 97.1 Å². The lowest BCUT2D eigenvalue weighted by molar-refractivity contribution is 1.38. The Kier molecular flexibility index (Phi) is 6.15. The van der Waals surface area contributed by atoms with Crippen LogP contribution in [0.3, 0.4) is 0 Å². The maximum Gasteiger partial charge on any atom is 0.101 e. The summed E-state index contributed by atoms with van der Waals surface area (Å²) in [5, 5.41) is 11.7. The van der Waals surface area contributed by atoms with Gasteiger partial charge >= 0.3 is 0 Å². The molecule has 2 atom stereocenters. The number of hydrogen-bond donors (Lipinski definition) is 0. The number of benzene rings is 1. The van der Waals surface area contributed by atoms with Crippen LogP contribution in [-0.2, 0) is 0 Å². The molecule has 11 heteroatoms. The molecule has 0 aliphatic rings. The molecule has 0 amide bonds. The normalized spacial score (nSPS) is 12.9. The molecule has 52 heavy (non-hydrogen) atoms. The van der Waals surface area contributed by atoms with Crippen molar-refractivity contribution in [3.8, 4) is 11.1 Å². The fraction of sp³-hybridized carbons (Fsp3) is 0. The van der Waals surface area contributed by atoms with Crippen molar-refractivity contribution >= 4 is 114 Å². The standard InChI is InChI=1S/C41H23N7P4/c1-2-9-27-26(8-1)35-33(49(27)50-28-10-3-15-42-36(28)37-29(50)11-4-16-43-37)20-24(22-47-35)25-21-34-41(48-23-25)40-32(14-7-19-46-40)52(34)51-30-12-5-17-44-38(30)39-31(51)13-6-18-45-39/h1-23H. The van der Waals surface area contributed by atoms with Crippen molar-refractivity contribution in [1.29, 1.82) is 0 Å². The molecule has 0 aliphatic heterocycles. The Morgan fingerprint density at radius 2 is 0.615 bits per heavy atom. The van der Waals surface area contributed by atoms with E-state index < -0.39 is 28.9 Å². The Morgan fingerprint density at radius 1 is 0.288 bits per heavy atom. The van der Waals surface area contributed by atoms with Crippen LogP contribution in [-0.4, -0.2) is 34.9 Å². The first-order valence-corrected chi connectivity index (χ1v) is 23.7. The summed E-state index contributed by atoms with van der Waals surface area (Å²) in [7, 11) is -3.19. The van der Waals surface area contributed by atoms with Crippen LogP contribution in [0.1, 0.15) is 0 Å². The second kappa shape index (κ2) is 11.0. The zero-order chi connectivity index (χ0) is 33.9. The third-order valence-electron chi connectivity index (χ3n) is 10.1. The van der Waals surface area contributed by atoms with Gasteiger partial charge in [-0.05, 0) is 78.9 Å². The Bertz CT molecular complexity index is 3110. The van der Waals surface area contributed by atoms with Gasteiger partial charge in [0.25, 0.3) is 0 Å². The molecule has 0 spiro atoms. The minimum Gasteiger partial charge on any atom is -0.255 e. The van der Waals surface area contributed by atoms with Crippen LogP contribution in [0.25, 0.3) is 96.1 Å². The smallest absolute Gasteiger partial charge is 0.101 e. The van der Waals surface area contributed by atoms with E-state index in [1.54, 1.807) is 0 Å². The molecule has 0 N–H and O–H groups in total. The maximum atomic E-state index is 5.25. The highest BCUT2D eigenvalue weighted by Crippen LogP contribution is 2.73. The van der Waals surface area contributed by atoms with Crippen LogP contribution in [0.15, 0.2) is 140 Å². The summed E-state index contributed by atoms with van der Waals surface area (Å²) >= 11 is 0. The van der Waals surface area contributed by atoms with E-state index >= 15 is 0 Å². The molecule has 1 aromatic carbocycles. The third kappa shape index (κ3) is 3.92. The Balaban J connectivity index is 1.16. The van der Waals surface area contributed by atoms with Crippen molar-refractivity contribution in [3.05, 3.63) is 140 Å². The average molecular weight is 738 g/mol. The predicted molar refractivity (Wildman–Crippen MR) is 222 cm³/mol. The quantitative estimate of drug-likeness (QED) is 0.178. The summed E-state index contributed by atoms with van der Waals surface area (Å²) < 4.78 is 0. The minimum atomic E-state index is -0.842. The van der Waals surface area contributed by atoms with Crippen LogP contribution in [0.2, 0.25) is 0 Å². The topological polar surface area (TPSA) is 90.2 Å². The molecular weight excluding hydrogens is 714 g/mol. The Morgan fingerprint density at radius 3 is 1.08 bits per heavy atom. The molecule has 2 unspecified atom stereocenters. The molecule has 242 valence electrons. The van der Waals surface area contributed by atoms with Crippen molar-refractivity contribution < 1.29 is 0 Å². The van der Waals surface area contributed by atoms with Gasteiger partial charge in [0.2, 0.25) is 0 Å². The summed E-state index contributed by atoms with van der Waals surface area (Å²) in [6.07, 6.45) is 13.5. The molecule has 0 aliphatic carbocycles. The average Bonchev–Trinajstić information content (AvgIpc) is 3.92. The van der Waals surface area contributed by atoms with E-state index in [0.29, 0.717) is 0 Å². The number of aromatic nitrogens is 7. The van der Waals surface area contributed by atoms with Gasteiger partial charge in [-0.15, -0.1) is 0 Å².